The van der Waals surface area contributed by atoms with Gasteiger partial charge in [0.2, 0.25) is 5.82 Å². The van der Waals surface area contributed by atoms with Crippen LogP contribution >= 0.6 is 0 Å². The molecule has 2 heterocycles. The molecule has 0 aliphatic carbocycles. The quantitative estimate of drug-likeness (QED) is 0.717. The van der Waals surface area contributed by atoms with E-state index in [4.69, 9.17) is 9.47 Å². The molecule has 2 N–H and O–H groups in total. The highest BCUT2D eigenvalue weighted by atomic mass is 16.6. The van der Waals surface area contributed by atoms with Crippen molar-refractivity contribution in [2.24, 2.45) is 0 Å². The van der Waals surface area contributed by atoms with Crippen molar-refractivity contribution in [3.8, 4) is 11.5 Å². The molecule has 4 rings (SSSR count). The van der Waals surface area contributed by atoms with E-state index in [1.807, 2.05) is 30.3 Å². The van der Waals surface area contributed by atoms with E-state index in [2.05, 4.69) is 15.4 Å². The Morgan fingerprint density at radius 2 is 1.93 bits per heavy atom. The maximum atomic E-state index is 12.4. The van der Waals surface area contributed by atoms with Gasteiger partial charge in [0.15, 0.2) is 11.5 Å². The molecule has 0 saturated carbocycles. The van der Waals surface area contributed by atoms with Crippen molar-refractivity contribution in [2.75, 3.05) is 18.5 Å². The fourth-order valence-electron chi connectivity index (χ4n) is 2.75. The zero-order valence-electron chi connectivity index (χ0n) is 14.4. The first-order valence-electron chi connectivity index (χ1n) is 8.52. The van der Waals surface area contributed by atoms with Crippen LogP contribution in [0.4, 0.5) is 5.69 Å². The minimum absolute atomic E-state index is 0.0187. The van der Waals surface area contributed by atoms with Crippen LogP contribution < -0.4 is 14.8 Å². The summed E-state index contributed by atoms with van der Waals surface area (Å²) in [5.74, 6) is 0.810. The first-order chi connectivity index (χ1) is 13.2. The van der Waals surface area contributed by atoms with Gasteiger partial charge in [-0.1, -0.05) is 30.3 Å². The number of nitrogens with one attached hydrogen (secondary N) is 1. The molecule has 0 radical (unpaired) electrons. The number of hydrogen-bond acceptors (Lipinski definition) is 6. The van der Waals surface area contributed by atoms with Gasteiger partial charge in [-0.05, 0) is 17.7 Å². The Labute approximate surface area is 155 Å². The molecule has 1 aliphatic heterocycles. The van der Waals surface area contributed by atoms with E-state index in [0.29, 0.717) is 30.4 Å². The summed E-state index contributed by atoms with van der Waals surface area (Å²) in [5, 5.41) is 17.1. The van der Waals surface area contributed by atoms with Crippen LogP contribution in [0.15, 0.2) is 54.9 Å². The molecule has 1 atom stereocenters. The van der Waals surface area contributed by atoms with E-state index in [9.17, 15) is 9.90 Å². The number of carbonyl (C=O) groups excluding carboxylic acids is 1. The Bertz CT molecular complexity index is 942. The summed E-state index contributed by atoms with van der Waals surface area (Å²) >= 11 is 0. The number of fused-ring (bicyclic) bond motifs is 1. The number of aliphatic hydroxyl groups excluding tert-OH is 1. The Balaban J connectivity index is 1.41. The van der Waals surface area contributed by atoms with Gasteiger partial charge in [0, 0.05) is 11.8 Å². The smallest absolute Gasteiger partial charge is 0.295 e. The molecule has 0 bridgehead atoms. The van der Waals surface area contributed by atoms with E-state index in [0.717, 1.165) is 5.56 Å². The van der Waals surface area contributed by atoms with Crippen molar-refractivity contribution >= 4 is 11.6 Å². The molecule has 2 aromatic carbocycles. The number of ether oxygens (including phenoxy) is 2. The van der Waals surface area contributed by atoms with Gasteiger partial charge in [-0.15, -0.1) is 5.10 Å². The monoisotopic (exact) mass is 366 g/mol. The molecular formula is C19H18N4O4. The lowest BCUT2D eigenvalue weighted by atomic mass is 10.1. The molecule has 1 aromatic heterocycles. The van der Waals surface area contributed by atoms with Crippen LogP contribution in [-0.4, -0.2) is 39.0 Å². The average Bonchev–Trinajstić information content (AvgIpc) is 3.17. The zero-order valence-corrected chi connectivity index (χ0v) is 14.4. The van der Waals surface area contributed by atoms with Crippen molar-refractivity contribution in [3.05, 3.63) is 66.2 Å². The molecule has 1 aliphatic rings. The summed E-state index contributed by atoms with van der Waals surface area (Å²) in [7, 11) is 0. The fourth-order valence-corrected chi connectivity index (χ4v) is 2.75. The van der Waals surface area contributed by atoms with Gasteiger partial charge in [0.1, 0.15) is 19.5 Å². The summed E-state index contributed by atoms with van der Waals surface area (Å²) in [6, 6.07) is 14.4. The molecule has 8 heteroatoms. The summed E-state index contributed by atoms with van der Waals surface area (Å²) < 4.78 is 12.4. The molecule has 27 heavy (non-hydrogen) atoms. The molecule has 0 spiro atoms. The topological polar surface area (TPSA) is 98.5 Å². The van der Waals surface area contributed by atoms with Gasteiger partial charge >= 0.3 is 0 Å². The number of carbonyl (C=O) groups is 1. The van der Waals surface area contributed by atoms with E-state index in [1.165, 1.54) is 11.0 Å². The van der Waals surface area contributed by atoms with Crippen molar-refractivity contribution in [1.82, 2.24) is 14.8 Å². The third kappa shape index (κ3) is 3.90. The van der Waals surface area contributed by atoms with Crippen LogP contribution in [0.5, 0.6) is 11.5 Å². The van der Waals surface area contributed by atoms with E-state index < -0.39 is 12.0 Å². The highest BCUT2D eigenvalue weighted by molar-refractivity contribution is 6.01. The standard InChI is InChI=1S/C19H18N4O4/c24-15(13-4-2-1-3-5-13)11-23-12-20-18(22-23)19(25)21-14-6-7-16-17(10-14)27-9-8-26-16/h1-7,10,12,15,24H,8-9,11H2,(H,21,25)/t15-/m0/s1. The minimum Gasteiger partial charge on any atom is -0.486 e. The number of aromatic nitrogens is 3. The van der Waals surface area contributed by atoms with Crippen LogP contribution in [0.25, 0.3) is 0 Å². The number of benzene rings is 2. The van der Waals surface area contributed by atoms with Crippen molar-refractivity contribution < 1.29 is 19.4 Å². The number of anilines is 1. The molecule has 138 valence electrons. The van der Waals surface area contributed by atoms with Crippen LogP contribution in [-0.2, 0) is 6.54 Å². The van der Waals surface area contributed by atoms with Crippen LogP contribution in [0.2, 0.25) is 0 Å². The Kier molecular flexibility index (Phi) is 4.71. The lowest BCUT2D eigenvalue weighted by Crippen LogP contribution is -2.17. The summed E-state index contributed by atoms with van der Waals surface area (Å²) in [6.45, 7) is 1.18. The molecule has 0 unspecified atom stereocenters. The molecule has 8 nitrogen and oxygen atoms in total. The van der Waals surface area contributed by atoms with E-state index in [1.54, 1.807) is 18.2 Å². The predicted molar refractivity (Wildman–Crippen MR) is 96.8 cm³/mol. The van der Waals surface area contributed by atoms with Gasteiger partial charge < -0.3 is 19.9 Å². The van der Waals surface area contributed by atoms with Crippen LogP contribution in [0, 0.1) is 0 Å². The lowest BCUT2D eigenvalue weighted by molar-refractivity contribution is 0.101. The molecule has 0 fully saturated rings. The first kappa shape index (κ1) is 17.0. The number of rotatable bonds is 5. The van der Waals surface area contributed by atoms with E-state index in [-0.39, 0.29) is 12.4 Å². The Hall–Kier alpha value is -3.39. The third-order valence-corrected chi connectivity index (χ3v) is 4.08. The predicted octanol–water partition coefficient (Wildman–Crippen LogP) is 2.04. The second kappa shape index (κ2) is 7.46. The first-order valence-corrected chi connectivity index (χ1v) is 8.52. The van der Waals surface area contributed by atoms with Gasteiger partial charge in [-0.2, -0.15) is 0 Å². The zero-order chi connectivity index (χ0) is 18.6. The van der Waals surface area contributed by atoms with Crippen molar-refractivity contribution in [2.45, 2.75) is 12.6 Å². The number of aliphatic hydroxyl groups is 1. The minimum atomic E-state index is -0.735. The normalized spacial score (nSPS) is 13.8. The van der Waals surface area contributed by atoms with Crippen molar-refractivity contribution in [1.29, 1.82) is 0 Å². The number of nitrogens with zero attached hydrogens (tertiary/aromatic N) is 3. The third-order valence-electron chi connectivity index (χ3n) is 4.08. The fraction of sp³-hybridized carbons (Fsp3) is 0.211. The average molecular weight is 366 g/mol. The summed E-state index contributed by atoms with van der Waals surface area (Å²) in [5.41, 5.74) is 1.33. The summed E-state index contributed by atoms with van der Waals surface area (Å²) in [6.07, 6.45) is 0.687. The van der Waals surface area contributed by atoms with Crippen molar-refractivity contribution in [3.63, 3.8) is 0 Å². The van der Waals surface area contributed by atoms with Crippen LogP contribution in [0.1, 0.15) is 22.3 Å². The number of amides is 1. The van der Waals surface area contributed by atoms with Gasteiger partial charge in [-0.25, -0.2) is 9.67 Å². The SMILES string of the molecule is O=C(Nc1ccc2c(c1)OCCO2)c1ncn(C[C@H](O)c2ccccc2)n1. The second-order valence-electron chi connectivity index (χ2n) is 6.03. The maximum Gasteiger partial charge on any atom is 0.295 e. The second-order valence-corrected chi connectivity index (χ2v) is 6.03. The Morgan fingerprint density at radius 1 is 1.15 bits per heavy atom. The highest BCUT2D eigenvalue weighted by Crippen LogP contribution is 2.32. The maximum absolute atomic E-state index is 12.4. The van der Waals surface area contributed by atoms with Gasteiger partial charge in [0.05, 0.1) is 12.6 Å². The number of hydrogen-bond donors (Lipinski definition) is 2. The highest BCUT2D eigenvalue weighted by Gasteiger charge is 2.16. The Morgan fingerprint density at radius 3 is 2.74 bits per heavy atom. The largest absolute Gasteiger partial charge is 0.486 e. The molecule has 1 amide bonds. The molecular weight excluding hydrogens is 348 g/mol. The molecule has 3 aromatic rings. The van der Waals surface area contributed by atoms with Gasteiger partial charge in [-0.3, -0.25) is 4.79 Å². The van der Waals surface area contributed by atoms with Gasteiger partial charge in [0.25, 0.3) is 5.91 Å². The van der Waals surface area contributed by atoms with E-state index >= 15 is 0 Å². The lowest BCUT2D eigenvalue weighted by Gasteiger charge is -2.18. The molecule has 0 saturated heterocycles. The summed E-state index contributed by atoms with van der Waals surface area (Å²) in [4.78, 5) is 16.4. The van der Waals surface area contributed by atoms with Crippen LogP contribution in [0.3, 0.4) is 0 Å².